The van der Waals surface area contributed by atoms with Crippen molar-refractivity contribution in [1.82, 2.24) is 0 Å². The van der Waals surface area contributed by atoms with Crippen LogP contribution >= 0.6 is 23.4 Å². The maximum Gasteiger partial charge on any atom is 0.0232 e. The van der Waals surface area contributed by atoms with E-state index in [1.165, 1.54) is 4.90 Å². The summed E-state index contributed by atoms with van der Waals surface area (Å²) in [6.45, 7) is 0. The van der Waals surface area contributed by atoms with Crippen LogP contribution in [0.15, 0.2) is 35.2 Å². The highest BCUT2D eigenvalue weighted by Gasteiger charge is 1.85. The Labute approximate surface area is 88.7 Å². The summed E-state index contributed by atoms with van der Waals surface area (Å²) in [5, 5.41) is 3.04. The highest BCUT2D eigenvalue weighted by molar-refractivity contribution is 8.03. The SMILES string of the molecule is ClCCCC#CSc1ccccc1. The summed E-state index contributed by atoms with van der Waals surface area (Å²) in [5.41, 5.74) is 0. The van der Waals surface area contributed by atoms with Gasteiger partial charge in [0.15, 0.2) is 0 Å². The molecule has 0 aliphatic heterocycles. The zero-order valence-electron chi connectivity index (χ0n) is 7.29. The minimum atomic E-state index is 0.699. The first-order valence-electron chi connectivity index (χ1n) is 4.19. The molecule has 0 aliphatic carbocycles. The van der Waals surface area contributed by atoms with Crippen molar-refractivity contribution in [2.75, 3.05) is 5.88 Å². The third-order valence-electron chi connectivity index (χ3n) is 1.42. The van der Waals surface area contributed by atoms with Crippen LogP contribution in [0.4, 0.5) is 0 Å². The van der Waals surface area contributed by atoms with Crippen LogP contribution in [0.3, 0.4) is 0 Å². The molecule has 0 bridgehead atoms. The van der Waals surface area contributed by atoms with E-state index in [1.54, 1.807) is 11.8 Å². The summed E-state index contributed by atoms with van der Waals surface area (Å²) in [5.74, 6) is 3.76. The van der Waals surface area contributed by atoms with Gasteiger partial charge in [-0.2, -0.15) is 0 Å². The van der Waals surface area contributed by atoms with Crippen molar-refractivity contribution < 1.29 is 0 Å². The van der Waals surface area contributed by atoms with Crippen molar-refractivity contribution in [1.29, 1.82) is 0 Å². The van der Waals surface area contributed by atoms with E-state index in [0.717, 1.165) is 12.8 Å². The number of halogens is 1. The zero-order valence-corrected chi connectivity index (χ0v) is 8.87. The normalized spacial score (nSPS) is 9.00. The molecule has 0 heterocycles. The summed E-state index contributed by atoms with van der Waals surface area (Å²) < 4.78 is 0. The van der Waals surface area contributed by atoms with Crippen LogP contribution < -0.4 is 0 Å². The van der Waals surface area contributed by atoms with E-state index >= 15 is 0 Å². The Balaban J connectivity index is 2.29. The second-order valence-corrected chi connectivity index (χ2v) is 3.74. The van der Waals surface area contributed by atoms with Crippen LogP contribution in [-0.4, -0.2) is 5.88 Å². The number of thioether (sulfide) groups is 1. The highest BCUT2D eigenvalue weighted by atomic mass is 35.5. The van der Waals surface area contributed by atoms with Crippen molar-refractivity contribution in [3.05, 3.63) is 30.3 Å². The van der Waals surface area contributed by atoms with E-state index < -0.39 is 0 Å². The van der Waals surface area contributed by atoms with Crippen molar-refractivity contribution >= 4 is 23.4 Å². The lowest BCUT2D eigenvalue weighted by atomic mass is 10.4. The lowest BCUT2D eigenvalue weighted by Gasteiger charge is -1.90. The third kappa shape index (κ3) is 4.87. The number of alkyl halides is 1. The smallest absolute Gasteiger partial charge is 0.0232 e. The fourth-order valence-corrected chi connectivity index (χ4v) is 1.51. The van der Waals surface area contributed by atoms with E-state index in [4.69, 9.17) is 11.6 Å². The van der Waals surface area contributed by atoms with Gasteiger partial charge in [0, 0.05) is 17.2 Å². The molecule has 0 saturated carbocycles. The average Bonchev–Trinajstić information content (AvgIpc) is 2.19. The Morgan fingerprint density at radius 2 is 2.00 bits per heavy atom. The van der Waals surface area contributed by atoms with Crippen molar-refractivity contribution in [3.8, 4) is 11.2 Å². The number of unbranched alkanes of at least 4 members (excludes halogenated alkanes) is 1. The Morgan fingerprint density at radius 3 is 2.69 bits per heavy atom. The quantitative estimate of drug-likeness (QED) is 0.317. The van der Waals surface area contributed by atoms with Gasteiger partial charge in [0.05, 0.1) is 0 Å². The van der Waals surface area contributed by atoms with Gasteiger partial charge in [-0.05, 0) is 35.6 Å². The maximum atomic E-state index is 5.52. The van der Waals surface area contributed by atoms with E-state index in [9.17, 15) is 0 Å². The Morgan fingerprint density at radius 1 is 1.23 bits per heavy atom. The molecule has 2 heteroatoms. The summed E-state index contributed by atoms with van der Waals surface area (Å²) in [6.07, 6.45) is 1.87. The average molecular weight is 211 g/mol. The lowest BCUT2D eigenvalue weighted by molar-refractivity contribution is 0.992. The Kier molecular flexibility index (Phi) is 5.56. The highest BCUT2D eigenvalue weighted by Crippen LogP contribution is 2.14. The van der Waals surface area contributed by atoms with E-state index in [2.05, 4.69) is 23.3 Å². The molecule has 0 amide bonds. The molecule has 0 N–H and O–H groups in total. The first-order chi connectivity index (χ1) is 6.43. The Bertz CT molecular complexity index is 284. The van der Waals surface area contributed by atoms with Crippen LogP contribution in [0.1, 0.15) is 12.8 Å². The second-order valence-electron chi connectivity index (χ2n) is 2.49. The summed E-state index contributed by atoms with van der Waals surface area (Å²) in [6, 6.07) is 10.2. The van der Waals surface area contributed by atoms with Gasteiger partial charge in [0.25, 0.3) is 0 Å². The first kappa shape index (κ1) is 10.5. The van der Waals surface area contributed by atoms with E-state index in [-0.39, 0.29) is 0 Å². The topological polar surface area (TPSA) is 0 Å². The van der Waals surface area contributed by atoms with Crippen LogP contribution in [-0.2, 0) is 0 Å². The number of hydrogen-bond acceptors (Lipinski definition) is 1. The molecule has 0 spiro atoms. The van der Waals surface area contributed by atoms with Crippen LogP contribution in [0.25, 0.3) is 0 Å². The van der Waals surface area contributed by atoms with Gasteiger partial charge in [-0.3, -0.25) is 0 Å². The summed E-state index contributed by atoms with van der Waals surface area (Å²) in [7, 11) is 0. The summed E-state index contributed by atoms with van der Waals surface area (Å²) >= 11 is 7.09. The predicted octanol–water partition coefficient (Wildman–Crippen LogP) is 3.76. The third-order valence-corrected chi connectivity index (χ3v) is 2.44. The standard InChI is InChI=1S/C11H11ClS/c12-9-5-2-6-10-13-11-7-3-1-4-8-11/h1,3-4,7-8H,2,5,9H2. The molecule has 1 aromatic rings. The number of rotatable bonds is 3. The molecule has 1 rings (SSSR count). The molecule has 0 radical (unpaired) electrons. The van der Waals surface area contributed by atoms with Gasteiger partial charge >= 0.3 is 0 Å². The van der Waals surface area contributed by atoms with Gasteiger partial charge in [0.2, 0.25) is 0 Å². The van der Waals surface area contributed by atoms with Crippen LogP contribution in [0, 0.1) is 11.2 Å². The predicted molar refractivity (Wildman–Crippen MR) is 60.0 cm³/mol. The molecule has 0 nitrogen and oxygen atoms in total. The minimum Gasteiger partial charge on any atom is -0.127 e. The molecule has 1 aromatic carbocycles. The van der Waals surface area contributed by atoms with Gasteiger partial charge < -0.3 is 0 Å². The van der Waals surface area contributed by atoms with Crippen LogP contribution in [0.2, 0.25) is 0 Å². The molecule has 0 aliphatic rings. The summed E-state index contributed by atoms with van der Waals surface area (Å²) in [4.78, 5) is 1.20. The van der Waals surface area contributed by atoms with Gasteiger partial charge in [-0.25, -0.2) is 0 Å². The monoisotopic (exact) mass is 210 g/mol. The number of benzene rings is 1. The maximum absolute atomic E-state index is 5.52. The largest absolute Gasteiger partial charge is 0.127 e. The molecule has 0 atom stereocenters. The zero-order chi connectivity index (χ0) is 9.36. The molecule has 0 unspecified atom stereocenters. The second kappa shape index (κ2) is 6.88. The van der Waals surface area contributed by atoms with E-state index in [0.29, 0.717) is 5.88 Å². The molecule has 13 heavy (non-hydrogen) atoms. The molecular weight excluding hydrogens is 200 g/mol. The van der Waals surface area contributed by atoms with E-state index in [1.807, 2.05) is 18.2 Å². The van der Waals surface area contributed by atoms with Crippen molar-refractivity contribution in [2.24, 2.45) is 0 Å². The van der Waals surface area contributed by atoms with Gasteiger partial charge in [-0.15, -0.1) is 11.6 Å². The lowest BCUT2D eigenvalue weighted by Crippen LogP contribution is -1.70. The molecule has 68 valence electrons. The molecule has 0 fully saturated rings. The van der Waals surface area contributed by atoms with Gasteiger partial charge in [-0.1, -0.05) is 24.1 Å². The molecular formula is C11H11ClS. The number of hydrogen-bond donors (Lipinski definition) is 0. The van der Waals surface area contributed by atoms with Gasteiger partial charge in [0.1, 0.15) is 0 Å². The molecule has 0 aromatic heterocycles. The minimum absolute atomic E-state index is 0.699. The fraction of sp³-hybridized carbons (Fsp3) is 0.273. The van der Waals surface area contributed by atoms with Crippen molar-refractivity contribution in [2.45, 2.75) is 17.7 Å². The first-order valence-corrected chi connectivity index (χ1v) is 5.54. The van der Waals surface area contributed by atoms with Crippen molar-refractivity contribution in [3.63, 3.8) is 0 Å². The van der Waals surface area contributed by atoms with Crippen LogP contribution in [0.5, 0.6) is 0 Å². The Hall–Kier alpha value is -0.580. The molecule has 0 saturated heterocycles. The fourth-order valence-electron chi connectivity index (χ4n) is 0.790.